The van der Waals surface area contributed by atoms with Crippen LogP contribution in [-0.2, 0) is 7.05 Å². The zero-order chi connectivity index (χ0) is 13.2. The second-order valence-corrected chi connectivity index (χ2v) is 7.02. The molecule has 0 saturated heterocycles. The molecule has 0 bridgehead atoms. The number of aromatic nitrogens is 4. The van der Waals surface area contributed by atoms with E-state index in [0.717, 1.165) is 11.7 Å². The summed E-state index contributed by atoms with van der Waals surface area (Å²) in [5.41, 5.74) is 0.426. The highest BCUT2D eigenvalue weighted by Gasteiger charge is 2.35. The minimum atomic E-state index is 0.426. The molecule has 0 aromatic carbocycles. The van der Waals surface area contributed by atoms with Crippen molar-refractivity contribution in [2.75, 3.05) is 6.54 Å². The lowest BCUT2D eigenvalue weighted by Gasteiger charge is -2.40. The predicted molar refractivity (Wildman–Crippen MR) is 73.5 cm³/mol. The van der Waals surface area contributed by atoms with Gasteiger partial charge in [-0.25, -0.2) is 4.68 Å². The summed E-state index contributed by atoms with van der Waals surface area (Å²) in [7, 11) is 1.90. The molecule has 1 heterocycles. The van der Waals surface area contributed by atoms with E-state index in [0.29, 0.717) is 16.7 Å². The van der Waals surface area contributed by atoms with Crippen molar-refractivity contribution in [1.82, 2.24) is 25.5 Å². The van der Waals surface area contributed by atoms with Crippen LogP contribution in [0.25, 0.3) is 0 Å². The number of tetrazole rings is 1. The molecule has 6 heteroatoms. The number of rotatable bonds is 4. The van der Waals surface area contributed by atoms with Gasteiger partial charge in [0.25, 0.3) is 0 Å². The largest absolute Gasteiger partial charge is 0.313 e. The van der Waals surface area contributed by atoms with E-state index in [4.69, 9.17) is 0 Å². The third-order valence-electron chi connectivity index (χ3n) is 3.64. The van der Waals surface area contributed by atoms with Crippen molar-refractivity contribution in [2.24, 2.45) is 12.5 Å². The Balaban J connectivity index is 2.07. The van der Waals surface area contributed by atoms with Gasteiger partial charge < -0.3 is 5.32 Å². The van der Waals surface area contributed by atoms with E-state index in [9.17, 15) is 0 Å². The Morgan fingerprint density at radius 2 is 2.28 bits per heavy atom. The van der Waals surface area contributed by atoms with Crippen LogP contribution >= 0.6 is 11.8 Å². The lowest BCUT2D eigenvalue weighted by Crippen LogP contribution is -2.44. The average molecular weight is 269 g/mol. The van der Waals surface area contributed by atoms with Crippen LogP contribution < -0.4 is 5.32 Å². The Bertz CT molecular complexity index is 390. The van der Waals surface area contributed by atoms with Crippen molar-refractivity contribution in [3.63, 3.8) is 0 Å². The maximum absolute atomic E-state index is 4.09. The van der Waals surface area contributed by atoms with Gasteiger partial charge in [-0.3, -0.25) is 0 Å². The maximum atomic E-state index is 4.09. The van der Waals surface area contributed by atoms with E-state index < -0.39 is 0 Å². The van der Waals surface area contributed by atoms with E-state index in [1.54, 1.807) is 4.68 Å². The van der Waals surface area contributed by atoms with E-state index in [2.05, 4.69) is 41.6 Å². The molecule has 1 aromatic rings. The molecule has 2 rings (SSSR count). The molecule has 5 nitrogen and oxygen atoms in total. The summed E-state index contributed by atoms with van der Waals surface area (Å²) in [5.74, 6) is 0. The Kier molecular flexibility index (Phi) is 4.27. The molecular formula is C12H23N5S. The molecule has 0 radical (unpaired) electrons. The van der Waals surface area contributed by atoms with Crippen LogP contribution in [0.4, 0.5) is 0 Å². The monoisotopic (exact) mass is 269 g/mol. The number of nitrogens with zero attached hydrogens (tertiary/aromatic N) is 4. The summed E-state index contributed by atoms with van der Waals surface area (Å²) in [4.78, 5) is 0. The van der Waals surface area contributed by atoms with E-state index in [-0.39, 0.29) is 0 Å². The Morgan fingerprint density at radius 3 is 2.89 bits per heavy atom. The number of thioether (sulfide) groups is 1. The van der Waals surface area contributed by atoms with Gasteiger partial charge in [-0.1, -0.05) is 32.5 Å². The van der Waals surface area contributed by atoms with Crippen LogP contribution in [0.1, 0.15) is 40.0 Å². The third kappa shape index (κ3) is 3.23. The number of hydrogen-bond acceptors (Lipinski definition) is 5. The lowest BCUT2D eigenvalue weighted by molar-refractivity contribution is 0.215. The summed E-state index contributed by atoms with van der Waals surface area (Å²) >= 11 is 1.81. The molecular weight excluding hydrogens is 246 g/mol. The summed E-state index contributed by atoms with van der Waals surface area (Å²) < 4.78 is 1.76. The fourth-order valence-corrected chi connectivity index (χ4v) is 4.07. The molecule has 1 aliphatic carbocycles. The van der Waals surface area contributed by atoms with Gasteiger partial charge in [-0.2, -0.15) is 0 Å². The van der Waals surface area contributed by atoms with Gasteiger partial charge in [0.1, 0.15) is 0 Å². The minimum absolute atomic E-state index is 0.426. The molecule has 1 aliphatic rings. The van der Waals surface area contributed by atoms with Gasteiger partial charge in [0.2, 0.25) is 5.16 Å². The Labute approximate surface area is 113 Å². The van der Waals surface area contributed by atoms with Gasteiger partial charge in [-0.05, 0) is 41.6 Å². The molecule has 0 amide bonds. The molecule has 1 N–H and O–H groups in total. The van der Waals surface area contributed by atoms with Gasteiger partial charge in [0, 0.05) is 18.3 Å². The first-order valence-corrected chi connectivity index (χ1v) is 7.52. The second kappa shape index (κ2) is 5.57. The standard InChI is InChI=1S/C12H23N5S/c1-5-13-9-6-7-12(2,3)8-10(9)18-11-14-15-16-17(11)4/h9-10,13H,5-8H2,1-4H3. The Morgan fingerprint density at radius 1 is 1.50 bits per heavy atom. The predicted octanol–water partition coefficient (Wildman–Crippen LogP) is 1.86. The maximum Gasteiger partial charge on any atom is 0.209 e. The minimum Gasteiger partial charge on any atom is -0.313 e. The third-order valence-corrected chi connectivity index (χ3v) is 4.99. The van der Waals surface area contributed by atoms with Gasteiger partial charge in [0.15, 0.2) is 0 Å². The van der Waals surface area contributed by atoms with Crippen molar-refractivity contribution >= 4 is 11.8 Å². The zero-order valence-corrected chi connectivity index (χ0v) is 12.5. The highest BCUT2D eigenvalue weighted by Crippen LogP contribution is 2.41. The normalized spacial score (nSPS) is 27.3. The van der Waals surface area contributed by atoms with Crippen LogP contribution in [0, 0.1) is 5.41 Å². The first-order chi connectivity index (χ1) is 8.52. The second-order valence-electron chi connectivity index (χ2n) is 5.81. The van der Waals surface area contributed by atoms with Crippen LogP contribution in [-0.4, -0.2) is 38.0 Å². The van der Waals surface area contributed by atoms with E-state index >= 15 is 0 Å². The number of hydrogen-bond donors (Lipinski definition) is 1. The molecule has 2 atom stereocenters. The van der Waals surface area contributed by atoms with Crippen molar-refractivity contribution in [3.8, 4) is 0 Å². The van der Waals surface area contributed by atoms with E-state index in [1.807, 2.05) is 18.8 Å². The highest BCUT2D eigenvalue weighted by atomic mass is 32.2. The summed E-state index contributed by atoms with van der Waals surface area (Å²) in [6.45, 7) is 7.92. The SMILES string of the molecule is CCNC1CCC(C)(C)CC1Sc1nnnn1C. The van der Waals surface area contributed by atoms with Crippen molar-refractivity contribution in [3.05, 3.63) is 0 Å². The number of nitrogens with one attached hydrogen (secondary N) is 1. The molecule has 1 fully saturated rings. The quantitative estimate of drug-likeness (QED) is 0.904. The smallest absolute Gasteiger partial charge is 0.209 e. The van der Waals surface area contributed by atoms with Crippen molar-refractivity contribution < 1.29 is 0 Å². The molecule has 0 aliphatic heterocycles. The fourth-order valence-electron chi connectivity index (χ4n) is 2.60. The van der Waals surface area contributed by atoms with Crippen LogP contribution in [0.5, 0.6) is 0 Å². The van der Waals surface area contributed by atoms with Gasteiger partial charge in [0.05, 0.1) is 0 Å². The fraction of sp³-hybridized carbons (Fsp3) is 0.917. The van der Waals surface area contributed by atoms with Crippen LogP contribution in [0.15, 0.2) is 5.16 Å². The summed E-state index contributed by atoms with van der Waals surface area (Å²) in [6, 6.07) is 0.574. The first kappa shape index (κ1) is 13.8. The number of aryl methyl sites for hydroxylation is 1. The molecule has 0 spiro atoms. The molecule has 2 unspecified atom stereocenters. The molecule has 1 saturated carbocycles. The van der Waals surface area contributed by atoms with Crippen LogP contribution in [0.2, 0.25) is 0 Å². The molecule has 18 heavy (non-hydrogen) atoms. The van der Waals surface area contributed by atoms with Crippen molar-refractivity contribution in [2.45, 2.75) is 56.5 Å². The molecule has 1 aromatic heterocycles. The van der Waals surface area contributed by atoms with E-state index in [1.165, 1.54) is 19.3 Å². The summed E-state index contributed by atoms with van der Waals surface area (Å²) in [6.07, 6.45) is 3.74. The summed E-state index contributed by atoms with van der Waals surface area (Å²) in [5, 5.41) is 16.8. The Hall–Kier alpha value is -0.620. The zero-order valence-electron chi connectivity index (χ0n) is 11.7. The lowest BCUT2D eigenvalue weighted by atomic mass is 9.75. The average Bonchev–Trinajstić information content (AvgIpc) is 2.68. The van der Waals surface area contributed by atoms with Gasteiger partial charge >= 0.3 is 0 Å². The van der Waals surface area contributed by atoms with Crippen LogP contribution in [0.3, 0.4) is 0 Å². The topological polar surface area (TPSA) is 55.6 Å². The van der Waals surface area contributed by atoms with Crippen molar-refractivity contribution in [1.29, 1.82) is 0 Å². The molecule has 102 valence electrons. The van der Waals surface area contributed by atoms with Gasteiger partial charge in [-0.15, -0.1) is 5.10 Å². The first-order valence-electron chi connectivity index (χ1n) is 6.64. The highest BCUT2D eigenvalue weighted by molar-refractivity contribution is 7.99.